The van der Waals surface area contributed by atoms with Crippen molar-refractivity contribution in [2.24, 2.45) is 0 Å². The van der Waals surface area contributed by atoms with Crippen LogP contribution in [0.25, 0.3) is 0 Å². The van der Waals surface area contributed by atoms with Gasteiger partial charge in [0.2, 0.25) is 11.8 Å². The van der Waals surface area contributed by atoms with Crippen LogP contribution in [0.15, 0.2) is 42.5 Å². The van der Waals surface area contributed by atoms with Crippen LogP contribution >= 0.6 is 0 Å². The Balaban J connectivity index is 2.10. The van der Waals surface area contributed by atoms with Crippen molar-refractivity contribution in [2.45, 2.75) is 33.2 Å². The molecular formula is C20H25N3O3. The molecule has 6 nitrogen and oxygen atoms in total. The Labute approximate surface area is 153 Å². The van der Waals surface area contributed by atoms with E-state index >= 15 is 0 Å². The molecule has 26 heavy (non-hydrogen) atoms. The van der Waals surface area contributed by atoms with Crippen LogP contribution in [0.2, 0.25) is 0 Å². The predicted octanol–water partition coefficient (Wildman–Crippen LogP) is 3.66. The molecule has 6 heteroatoms. The Kier molecular flexibility index (Phi) is 6.60. The van der Waals surface area contributed by atoms with Gasteiger partial charge in [-0.25, -0.2) is 0 Å². The molecule has 0 spiro atoms. The summed E-state index contributed by atoms with van der Waals surface area (Å²) >= 11 is 0. The normalized spacial score (nSPS) is 11.4. The van der Waals surface area contributed by atoms with E-state index in [1.165, 1.54) is 19.6 Å². The third kappa shape index (κ3) is 5.24. The first kappa shape index (κ1) is 19.3. The van der Waals surface area contributed by atoms with Gasteiger partial charge < -0.3 is 20.7 Å². The molecule has 0 aromatic heterocycles. The van der Waals surface area contributed by atoms with Crippen LogP contribution < -0.4 is 20.7 Å². The van der Waals surface area contributed by atoms with Crippen molar-refractivity contribution in [1.82, 2.24) is 0 Å². The molecule has 0 saturated heterocycles. The van der Waals surface area contributed by atoms with Crippen LogP contribution in [0.4, 0.5) is 17.1 Å². The number of carbonyl (C=O) groups excluding carboxylic acids is 2. The monoisotopic (exact) mass is 355 g/mol. The summed E-state index contributed by atoms with van der Waals surface area (Å²) in [5.41, 5.74) is 3.18. The fourth-order valence-corrected chi connectivity index (χ4v) is 2.52. The zero-order valence-electron chi connectivity index (χ0n) is 15.6. The number of carbonyl (C=O) groups is 2. The molecule has 0 radical (unpaired) electrons. The summed E-state index contributed by atoms with van der Waals surface area (Å²) < 4.78 is 5.29. The number of rotatable bonds is 7. The van der Waals surface area contributed by atoms with Crippen molar-refractivity contribution in [3.8, 4) is 5.75 Å². The van der Waals surface area contributed by atoms with E-state index in [0.29, 0.717) is 17.1 Å². The predicted molar refractivity (Wildman–Crippen MR) is 105 cm³/mol. The van der Waals surface area contributed by atoms with Gasteiger partial charge in [-0.1, -0.05) is 19.1 Å². The average molecular weight is 355 g/mol. The van der Waals surface area contributed by atoms with E-state index in [9.17, 15) is 9.59 Å². The Morgan fingerprint density at radius 1 is 1.08 bits per heavy atom. The van der Waals surface area contributed by atoms with E-state index < -0.39 is 6.04 Å². The number of benzene rings is 2. The van der Waals surface area contributed by atoms with Gasteiger partial charge in [-0.2, -0.15) is 0 Å². The van der Waals surface area contributed by atoms with E-state index in [1.807, 2.05) is 24.3 Å². The van der Waals surface area contributed by atoms with E-state index in [0.717, 1.165) is 12.1 Å². The second kappa shape index (κ2) is 8.89. The summed E-state index contributed by atoms with van der Waals surface area (Å²) in [5.74, 6) is 0.135. The van der Waals surface area contributed by atoms with Crippen molar-refractivity contribution in [3.63, 3.8) is 0 Å². The maximum atomic E-state index is 12.6. The van der Waals surface area contributed by atoms with Gasteiger partial charge in [-0.05, 0) is 49.2 Å². The van der Waals surface area contributed by atoms with Crippen molar-refractivity contribution in [3.05, 3.63) is 48.0 Å². The van der Waals surface area contributed by atoms with Gasteiger partial charge in [0, 0.05) is 18.3 Å². The highest BCUT2D eigenvalue weighted by Gasteiger charge is 2.15. The minimum Gasteiger partial charge on any atom is -0.495 e. The van der Waals surface area contributed by atoms with E-state index in [2.05, 4.69) is 22.9 Å². The molecule has 0 fully saturated rings. The molecule has 0 unspecified atom stereocenters. The van der Waals surface area contributed by atoms with Gasteiger partial charge in [-0.3, -0.25) is 9.59 Å². The molecule has 0 aliphatic carbocycles. The molecule has 0 aliphatic rings. The van der Waals surface area contributed by atoms with Crippen molar-refractivity contribution in [1.29, 1.82) is 0 Å². The first-order chi connectivity index (χ1) is 12.4. The Bertz CT molecular complexity index is 790. The molecule has 2 amide bonds. The lowest BCUT2D eigenvalue weighted by Gasteiger charge is -2.18. The molecule has 2 aromatic rings. The largest absolute Gasteiger partial charge is 0.495 e. The van der Waals surface area contributed by atoms with Crippen LogP contribution in [-0.4, -0.2) is 25.0 Å². The number of hydrogen-bond acceptors (Lipinski definition) is 4. The van der Waals surface area contributed by atoms with Crippen molar-refractivity contribution >= 4 is 28.9 Å². The maximum Gasteiger partial charge on any atom is 0.246 e. The van der Waals surface area contributed by atoms with Crippen LogP contribution in [0, 0.1) is 0 Å². The van der Waals surface area contributed by atoms with E-state index in [1.54, 1.807) is 25.1 Å². The molecule has 138 valence electrons. The second-order valence-electron chi connectivity index (χ2n) is 6.01. The lowest BCUT2D eigenvalue weighted by Crippen LogP contribution is -2.32. The smallest absolute Gasteiger partial charge is 0.246 e. The van der Waals surface area contributed by atoms with E-state index in [4.69, 9.17) is 4.74 Å². The number of methoxy groups -OCH3 is 1. The van der Waals surface area contributed by atoms with Crippen LogP contribution in [-0.2, 0) is 16.0 Å². The topological polar surface area (TPSA) is 79.5 Å². The van der Waals surface area contributed by atoms with Gasteiger partial charge in [-0.15, -0.1) is 0 Å². The van der Waals surface area contributed by atoms with Gasteiger partial charge in [0.1, 0.15) is 11.8 Å². The van der Waals surface area contributed by atoms with Gasteiger partial charge in [0.15, 0.2) is 0 Å². The fourth-order valence-electron chi connectivity index (χ4n) is 2.52. The van der Waals surface area contributed by atoms with Crippen LogP contribution in [0.3, 0.4) is 0 Å². The summed E-state index contributed by atoms with van der Waals surface area (Å²) in [6, 6.07) is 12.6. The molecule has 2 rings (SSSR count). The van der Waals surface area contributed by atoms with Crippen molar-refractivity contribution in [2.75, 3.05) is 23.1 Å². The molecular weight excluding hydrogens is 330 g/mol. The summed E-state index contributed by atoms with van der Waals surface area (Å²) in [7, 11) is 1.53. The minimum absolute atomic E-state index is 0.182. The quantitative estimate of drug-likeness (QED) is 0.708. The van der Waals surface area contributed by atoms with Crippen molar-refractivity contribution < 1.29 is 14.3 Å². The Morgan fingerprint density at radius 3 is 2.50 bits per heavy atom. The number of aryl methyl sites for hydroxylation is 1. The summed E-state index contributed by atoms with van der Waals surface area (Å²) in [6.45, 7) is 5.31. The molecule has 2 aromatic carbocycles. The first-order valence-corrected chi connectivity index (χ1v) is 8.55. The highest BCUT2D eigenvalue weighted by atomic mass is 16.5. The van der Waals surface area contributed by atoms with Gasteiger partial charge >= 0.3 is 0 Å². The first-order valence-electron chi connectivity index (χ1n) is 8.55. The Morgan fingerprint density at radius 2 is 1.85 bits per heavy atom. The molecule has 0 aliphatic heterocycles. The van der Waals surface area contributed by atoms with E-state index in [-0.39, 0.29) is 11.8 Å². The number of ether oxygens (including phenoxy) is 1. The Hall–Kier alpha value is -3.02. The molecule has 0 bridgehead atoms. The fraction of sp³-hybridized carbons (Fsp3) is 0.300. The van der Waals surface area contributed by atoms with Crippen LogP contribution in [0.5, 0.6) is 5.75 Å². The summed E-state index contributed by atoms with van der Waals surface area (Å²) in [6.07, 6.45) is 0.934. The number of nitrogens with one attached hydrogen (secondary N) is 3. The van der Waals surface area contributed by atoms with Gasteiger partial charge in [0.05, 0.1) is 12.8 Å². The third-order valence-electron chi connectivity index (χ3n) is 3.89. The lowest BCUT2D eigenvalue weighted by atomic mass is 10.1. The molecule has 3 N–H and O–H groups in total. The zero-order chi connectivity index (χ0) is 19.1. The highest BCUT2D eigenvalue weighted by molar-refractivity contribution is 5.98. The second-order valence-corrected chi connectivity index (χ2v) is 6.01. The minimum atomic E-state index is -0.448. The molecule has 0 saturated carbocycles. The maximum absolute atomic E-state index is 12.6. The number of hydrogen-bond donors (Lipinski definition) is 3. The summed E-state index contributed by atoms with van der Waals surface area (Å²) in [4.78, 5) is 23.8. The number of anilines is 3. The molecule has 0 heterocycles. The zero-order valence-corrected chi connectivity index (χ0v) is 15.6. The SMILES string of the molecule is CCc1cccc(N[C@H](C)C(=O)Nc2cc(NC(C)=O)ccc2OC)c1. The lowest BCUT2D eigenvalue weighted by molar-refractivity contribution is -0.116. The summed E-state index contributed by atoms with van der Waals surface area (Å²) in [5, 5.41) is 8.73. The molecule has 1 atom stereocenters. The standard InChI is InChI=1S/C20H25N3O3/c1-5-15-7-6-8-16(11-15)21-13(2)20(25)23-18-12-17(22-14(3)24)9-10-19(18)26-4/h6-13,21H,5H2,1-4H3,(H,22,24)(H,23,25)/t13-/m1/s1. The number of amides is 2. The average Bonchev–Trinajstić information content (AvgIpc) is 2.61. The van der Waals surface area contributed by atoms with Crippen LogP contribution in [0.1, 0.15) is 26.3 Å². The third-order valence-corrected chi connectivity index (χ3v) is 3.89. The van der Waals surface area contributed by atoms with Gasteiger partial charge in [0.25, 0.3) is 0 Å². The highest BCUT2D eigenvalue weighted by Crippen LogP contribution is 2.28.